The molecule has 0 aliphatic rings. The van der Waals surface area contributed by atoms with Crippen molar-refractivity contribution in [3.63, 3.8) is 0 Å². The Morgan fingerprint density at radius 2 is 2.04 bits per heavy atom. The quantitative estimate of drug-likeness (QED) is 0.436. The first-order valence-electron chi connectivity index (χ1n) is 6.76. The first-order valence-corrected chi connectivity index (χ1v) is 8.57. The second-order valence-corrected chi connectivity index (χ2v) is 6.83. The van der Waals surface area contributed by atoms with E-state index >= 15 is 0 Å². The predicted molar refractivity (Wildman–Crippen MR) is 92.5 cm³/mol. The van der Waals surface area contributed by atoms with E-state index in [-0.39, 0.29) is 17.5 Å². The topological polar surface area (TPSA) is 54.4 Å². The van der Waals surface area contributed by atoms with Crippen LogP contribution in [0.2, 0.25) is 0 Å². The standard InChI is InChI=1S/C16H12FN3OS2/c17-12-7-5-11(6-8-12)9-18-20-15(21)10-22-16-19-13-3-1-2-4-14(13)23-16/h1-9H,10H2,(H,20,21). The van der Waals surface area contributed by atoms with Crippen molar-refractivity contribution in [3.05, 3.63) is 59.9 Å². The number of carbonyl (C=O) groups is 1. The number of amides is 1. The molecule has 116 valence electrons. The van der Waals surface area contributed by atoms with E-state index in [9.17, 15) is 9.18 Å². The Hall–Kier alpha value is -2.25. The lowest BCUT2D eigenvalue weighted by Crippen LogP contribution is -2.19. The monoisotopic (exact) mass is 345 g/mol. The van der Waals surface area contributed by atoms with Crippen molar-refractivity contribution in [1.82, 2.24) is 10.4 Å². The van der Waals surface area contributed by atoms with E-state index in [0.717, 1.165) is 14.6 Å². The molecule has 7 heteroatoms. The number of carbonyl (C=O) groups excluding carboxylic acids is 1. The summed E-state index contributed by atoms with van der Waals surface area (Å²) < 4.78 is 14.7. The average molecular weight is 345 g/mol. The van der Waals surface area contributed by atoms with Crippen LogP contribution in [0.1, 0.15) is 5.56 Å². The molecule has 0 aliphatic carbocycles. The van der Waals surface area contributed by atoms with E-state index in [1.807, 2.05) is 24.3 Å². The van der Waals surface area contributed by atoms with Crippen LogP contribution in [0.15, 0.2) is 58.0 Å². The zero-order valence-electron chi connectivity index (χ0n) is 11.9. The molecule has 1 amide bonds. The highest BCUT2D eigenvalue weighted by molar-refractivity contribution is 8.01. The number of thioether (sulfide) groups is 1. The summed E-state index contributed by atoms with van der Waals surface area (Å²) in [5, 5.41) is 3.85. The van der Waals surface area contributed by atoms with Gasteiger partial charge in [0.1, 0.15) is 5.82 Å². The number of hydrogen-bond donors (Lipinski definition) is 1. The number of benzene rings is 2. The van der Waals surface area contributed by atoms with Crippen molar-refractivity contribution in [2.75, 3.05) is 5.75 Å². The fourth-order valence-corrected chi connectivity index (χ4v) is 3.66. The molecule has 0 atom stereocenters. The van der Waals surface area contributed by atoms with Crippen LogP contribution in [0.25, 0.3) is 10.2 Å². The Kier molecular flexibility index (Phi) is 4.99. The lowest BCUT2D eigenvalue weighted by atomic mass is 10.2. The maximum Gasteiger partial charge on any atom is 0.250 e. The number of fused-ring (bicyclic) bond motifs is 1. The molecule has 0 aliphatic heterocycles. The summed E-state index contributed by atoms with van der Waals surface area (Å²) in [7, 11) is 0. The minimum absolute atomic E-state index is 0.215. The van der Waals surface area contributed by atoms with Gasteiger partial charge in [-0.3, -0.25) is 4.79 Å². The lowest BCUT2D eigenvalue weighted by Gasteiger charge is -1.97. The van der Waals surface area contributed by atoms with Crippen LogP contribution in [0.4, 0.5) is 4.39 Å². The average Bonchev–Trinajstić information content (AvgIpc) is 2.98. The van der Waals surface area contributed by atoms with Crippen LogP contribution in [0.5, 0.6) is 0 Å². The number of aromatic nitrogens is 1. The minimum Gasteiger partial charge on any atom is -0.272 e. The van der Waals surface area contributed by atoms with Crippen LogP contribution in [-0.2, 0) is 4.79 Å². The Balaban J connectivity index is 1.50. The van der Waals surface area contributed by atoms with Gasteiger partial charge in [-0.25, -0.2) is 14.8 Å². The summed E-state index contributed by atoms with van der Waals surface area (Å²) in [6.45, 7) is 0. The Morgan fingerprint density at radius 1 is 1.26 bits per heavy atom. The van der Waals surface area contributed by atoms with E-state index in [1.54, 1.807) is 23.5 Å². The van der Waals surface area contributed by atoms with Crippen LogP contribution in [0.3, 0.4) is 0 Å². The van der Waals surface area contributed by atoms with E-state index in [1.165, 1.54) is 30.1 Å². The number of nitrogens with one attached hydrogen (secondary N) is 1. The van der Waals surface area contributed by atoms with Crippen molar-refractivity contribution in [2.24, 2.45) is 5.10 Å². The van der Waals surface area contributed by atoms with Crippen molar-refractivity contribution < 1.29 is 9.18 Å². The van der Waals surface area contributed by atoms with E-state index in [2.05, 4.69) is 15.5 Å². The first kappa shape index (κ1) is 15.6. The molecule has 3 aromatic rings. The molecule has 0 saturated heterocycles. The lowest BCUT2D eigenvalue weighted by molar-refractivity contribution is -0.118. The van der Waals surface area contributed by atoms with Crippen LogP contribution in [0, 0.1) is 5.82 Å². The van der Waals surface area contributed by atoms with Gasteiger partial charge in [0.05, 0.1) is 22.2 Å². The fourth-order valence-electron chi connectivity index (χ4n) is 1.80. The highest BCUT2D eigenvalue weighted by Crippen LogP contribution is 2.28. The highest BCUT2D eigenvalue weighted by Gasteiger charge is 2.06. The van der Waals surface area contributed by atoms with Gasteiger partial charge < -0.3 is 0 Å². The van der Waals surface area contributed by atoms with E-state index in [4.69, 9.17) is 0 Å². The van der Waals surface area contributed by atoms with Crippen molar-refractivity contribution in [3.8, 4) is 0 Å². The van der Waals surface area contributed by atoms with Gasteiger partial charge in [-0.2, -0.15) is 5.10 Å². The molecule has 0 bridgehead atoms. The fraction of sp³-hybridized carbons (Fsp3) is 0.0625. The van der Waals surface area contributed by atoms with Gasteiger partial charge in [0.2, 0.25) is 0 Å². The van der Waals surface area contributed by atoms with Crippen LogP contribution < -0.4 is 5.43 Å². The summed E-state index contributed by atoms with van der Waals surface area (Å²) in [6.07, 6.45) is 1.47. The Morgan fingerprint density at radius 3 is 2.83 bits per heavy atom. The van der Waals surface area contributed by atoms with E-state index < -0.39 is 0 Å². The van der Waals surface area contributed by atoms with Gasteiger partial charge in [0, 0.05) is 0 Å². The molecule has 3 rings (SSSR count). The van der Waals surface area contributed by atoms with Crippen molar-refractivity contribution >= 4 is 45.4 Å². The summed E-state index contributed by atoms with van der Waals surface area (Å²) in [6, 6.07) is 13.7. The molecule has 2 aromatic carbocycles. The normalized spacial score (nSPS) is 11.2. The third-order valence-electron chi connectivity index (χ3n) is 2.87. The summed E-state index contributed by atoms with van der Waals surface area (Å²) >= 11 is 2.93. The molecule has 1 aromatic heterocycles. The maximum atomic E-state index is 12.8. The number of rotatable bonds is 5. The summed E-state index contributed by atoms with van der Waals surface area (Å²) in [5.41, 5.74) is 4.10. The molecule has 1 heterocycles. The number of thiazole rings is 1. The molecule has 0 spiro atoms. The van der Waals surface area contributed by atoms with Gasteiger partial charge in [-0.05, 0) is 29.8 Å². The van der Waals surface area contributed by atoms with Gasteiger partial charge in [-0.1, -0.05) is 36.0 Å². The zero-order valence-corrected chi connectivity index (χ0v) is 13.5. The molecule has 4 nitrogen and oxygen atoms in total. The van der Waals surface area contributed by atoms with Gasteiger partial charge in [0.15, 0.2) is 4.34 Å². The maximum absolute atomic E-state index is 12.8. The number of hydrazone groups is 1. The summed E-state index contributed by atoms with van der Waals surface area (Å²) in [5.74, 6) is -0.286. The molecule has 0 fully saturated rings. The number of halogens is 1. The van der Waals surface area contributed by atoms with Crippen LogP contribution in [-0.4, -0.2) is 22.9 Å². The molecular weight excluding hydrogens is 333 g/mol. The molecule has 23 heavy (non-hydrogen) atoms. The minimum atomic E-state index is -0.307. The van der Waals surface area contributed by atoms with Gasteiger partial charge >= 0.3 is 0 Å². The second kappa shape index (κ2) is 7.34. The molecule has 0 radical (unpaired) electrons. The SMILES string of the molecule is O=C(CSc1nc2ccccc2s1)NN=Cc1ccc(F)cc1. The smallest absolute Gasteiger partial charge is 0.250 e. The second-order valence-electron chi connectivity index (χ2n) is 4.58. The predicted octanol–water partition coefficient (Wildman–Crippen LogP) is 3.68. The van der Waals surface area contributed by atoms with Gasteiger partial charge in [0.25, 0.3) is 5.91 Å². The largest absolute Gasteiger partial charge is 0.272 e. The Labute approximate surface area is 140 Å². The Bertz CT molecular complexity index is 813. The number of hydrogen-bond acceptors (Lipinski definition) is 5. The van der Waals surface area contributed by atoms with Gasteiger partial charge in [-0.15, -0.1) is 11.3 Å². The van der Waals surface area contributed by atoms with Crippen LogP contribution >= 0.6 is 23.1 Å². The third kappa shape index (κ3) is 4.37. The number of nitrogens with zero attached hydrogens (tertiary/aromatic N) is 2. The highest BCUT2D eigenvalue weighted by atomic mass is 32.2. The molecular formula is C16H12FN3OS2. The van der Waals surface area contributed by atoms with Crippen molar-refractivity contribution in [1.29, 1.82) is 0 Å². The first-order chi connectivity index (χ1) is 11.2. The third-order valence-corrected chi connectivity index (χ3v) is 5.05. The molecule has 1 N–H and O–H groups in total. The van der Waals surface area contributed by atoms with Crippen molar-refractivity contribution in [2.45, 2.75) is 4.34 Å². The molecule has 0 unspecified atom stereocenters. The zero-order chi connectivity index (χ0) is 16.1. The summed E-state index contributed by atoms with van der Waals surface area (Å²) in [4.78, 5) is 16.2. The molecule has 0 saturated carbocycles. The van der Waals surface area contributed by atoms with E-state index in [0.29, 0.717) is 5.56 Å². The number of para-hydroxylation sites is 1.